The number of fused-ring (bicyclic) bond motifs is 1. The number of halogens is 3. The van der Waals surface area contributed by atoms with Gasteiger partial charge in [-0.3, -0.25) is 14.5 Å². The van der Waals surface area contributed by atoms with Crippen LogP contribution < -0.4 is 0 Å². The molecule has 11 heteroatoms. The monoisotopic (exact) mass is 482 g/mol. The van der Waals surface area contributed by atoms with Crippen LogP contribution in [0.3, 0.4) is 0 Å². The Labute approximate surface area is 193 Å². The number of rotatable bonds is 6. The summed E-state index contributed by atoms with van der Waals surface area (Å²) in [6.07, 6.45) is -2.88. The first-order chi connectivity index (χ1) is 15.7. The molecule has 0 N–H and O–H groups in total. The van der Waals surface area contributed by atoms with Crippen LogP contribution in [-0.4, -0.2) is 56.5 Å². The minimum atomic E-state index is -4.49. The van der Waals surface area contributed by atoms with E-state index in [0.29, 0.717) is 55.5 Å². The molecule has 2 aromatic rings. The van der Waals surface area contributed by atoms with Gasteiger partial charge in [-0.05, 0) is 50.6 Å². The first-order valence-corrected chi connectivity index (χ1v) is 11.9. The van der Waals surface area contributed by atoms with Crippen LogP contribution in [0.25, 0.3) is 0 Å². The molecule has 7 nitrogen and oxygen atoms in total. The zero-order valence-electron chi connectivity index (χ0n) is 18.3. The third-order valence-corrected chi connectivity index (χ3v) is 7.20. The normalized spacial score (nSPS) is 20.6. The summed E-state index contributed by atoms with van der Waals surface area (Å²) < 4.78 is 46.7. The molecule has 0 saturated carbocycles. The van der Waals surface area contributed by atoms with Crippen LogP contribution >= 0.6 is 11.8 Å². The van der Waals surface area contributed by atoms with Gasteiger partial charge in [-0.2, -0.15) is 17.9 Å². The molecule has 1 saturated heterocycles. The molecule has 1 fully saturated rings. The van der Waals surface area contributed by atoms with Gasteiger partial charge in [0.05, 0.1) is 24.1 Å². The lowest BCUT2D eigenvalue weighted by atomic mass is 9.92. The summed E-state index contributed by atoms with van der Waals surface area (Å²) in [6.45, 7) is 4.87. The van der Waals surface area contributed by atoms with E-state index in [1.807, 2.05) is 11.8 Å². The Morgan fingerprint density at radius 1 is 1.27 bits per heavy atom. The van der Waals surface area contributed by atoms with Crippen LogP contribution in [0.1, 0.15) is 54.5 Å². The lowest BCUT2D eigenvalue weighted by molar-refractivity contribution is -0.149. The number of carbonyl (C=O) groups is 2. The van der Waals surface area contributed by atoms with Gasteiger partial charge in [0.2, 0.25) is 0 Å². The highest BCUT2D eigenvalue weighted by atomic mass is 32.2. The third-order valence-electron chi connectivity index (χ3n) is 6.01. The quantitative estimate of drug-likeness (QED) is 0.576. The van der Waals surface area contributed by atoms with Crippen LogP contribution in [0.4, 0.5) is 13.2 Å². The molecule has 0 bridgehead atoms. The van der Waals surface area contributed by atoms with Crippen molar-refractivity contribution in [2.24, 2.45) is 5.92 Å². The Hall–Kier alpha value is -2.40. The second-order valence-corrected chi connectivity index (χ2v) is 9.19. The number of piperidine rings is 1. The molecule has 3 heterocycles. The fourth-order valence-electron chi connectivity index (χ4n) is 4.34. The number of alkyl halides is 3. The third kappa shape index (κ3) is 4.79. The van der Waals surface area contributed by atoms with E-state index < -0.39 is 23.0 Å². The maximum absolute atomic E-state index is 13.4. The van der Waals surface area contributed by atoms with Crippen molar-refractivity contribution in [3.05, 3.63) is 41.2 Å². The van der Waals surface area contributed by atoms with Crippen LogP contribution in [0.5, 0.6) is 0 Å². The number of hydrogen-bond donors (Lipinski definition) is 0. The molecule has 2 unspecified atom stereocenters. The summed E-state index contributed by atoms with van der Waals surface area (Å²) in [6, 6.07) is 4.52. The van der Waals surface area contributed by atoms with Crippen LogP contribution in [-0.2, 0) is 22.1 Å². The zero-order chi connectivity index (χ0) is 23.8. The maximum atomic E-state index is 13.4. The number of nitrogens with zero attached hydrogens (tertiary/aromatic N) is 4. The van der Waals surface area contributed by atoms with Crippen molar-refractivity contribution in [3.8, 4) is 0 Å². The molecule has 4 rings (SSSR count). The van der Waals surface area contributed by atoms with Gasteiger partial charge in [0, 0.05) is 6.42 Å². The number of likely N-dealkylation sites (tertiary alicyclic amines) is 1. The summed E-state index contributed by atoms with van der Waals surface area (Å²) in [5.41, 5.74) is -0.349. The molecular formula is C22H25F3N4O3S. The van der Waals surface area contributed by atoms with Gasteiger partial charge in [-0.1, -0.05) is 30.8 Å². The van der Waals surface area contributed by atoms with E-state index in [4.69, 9.17) is 4.74 Å². The number of hydrogen-bond acceptors (Lipinski definition) is 7. The lowest BCUT2D eigenvalue weighted by Gasteiger charge is -2.39. The van der Waals surface area contributed by atoms with E-state index in [9.17, 15) is 22.8 Å². The zero-order valence-corrected chi connectivity index (χ0v) is 19.2. The van der Waals surface area contributed by atoms with Gasteiger partial charge in [-0.15, -0.1) is 5.10 Å². The molecule has 0 spiro atoms. The van der Waals surface area contributed by atoms with E-state index in [0.717, 1.165) is 12.1 Å². The topological polar surface area (TPSA) is 77.3 Å². The summed E-state index contributed by atoms with van der Waals surface area (Å²) >= 11 is 1.23. The highest BCUT2D eigenvalue weighted by Gasteiger charge is 2.44. The predicted molar refractivity (Wildman–Crippen MR) is 115 cm³/mol. The van der Waals surface area contributed by atoms with E-state index in [-0.39, 0.29) is 17.8 Å². The largest absolute Gasteiger partial charge is 0.466 e. The number of aromatic nitrogens is 3. The van der Waals surface area contributed by atoms with Gasteiger partial charge in [-0.25, -0.2) is 4.98 Å². The first kappa shape index (κ1) is 23.7. The fourth-order valence-corrected chi connectivity index (χ4v) is 5.62. The maximum Gasteiger partial charge on any atom is 0.416 e. The van der Waals surface area contributed by atoms with Gasteiger partial charge in [0.25, 0.3) is 5.91 Å². The Bertz CT molecular complexity index is 1030. The number of carbonyl (C=O) groups excluding carboxylic acids is 2. The van der Waals surface area contributed by atoms with E-state index in [1.54, 1.807) is 13.0 Å². The number of benzene rings is 1. The Morgan fingerprint density at radius 3 is 2.61 bits per heavy atom. The SMILES string of the molecule is CCOC(=O)C1CCN(C(c2cccc(C(F)(F)F)c2)C2Sc3nc(CC)nn3C2=O)CC1. The average Bonchev–Trinajstić information content (AvgIpc) is 3.33. The second-order valence-electron chi connectivity index (χ2n) is 8.08. The van der Waals surface area contributed by atoms with E-state index >= 15 is 0 Å². The van der Waals surface area contributed by atoms with Crippen molar-refractivity contribution >= 4 is 23.6 Å². The number of aryl methyl sites for hydroxylation is 1. The average molecular weight is 483 g/mol. The molecule has 0 radical (unpaired) electrons. The van der Waals surface area contributed by atoms with Gasteiger partial charge < -0.3 is 4.74 Å². The van der Waals surface area contributed by atoms with Gasteiger partial charge in [0.15, 0.2) is 11.0 Å². The van der Waals surface area contributed by atoms with Crippen molar-refractivity contribution < 1.29 is 27.5 Å². The molecule has 2 aliphatic rings. The summed E-state index contributed by atoms with van der Waals surface area (Å²) in [5.74, 6) is -0.248. The molecule has 33 heavy (non-hydrogen) atoms. The number of thioether (sulfide) groups is 1. The molecule has 1 aromatic heterocycles. The highest BCUT2D eigenvalue weighted by Crippen LogP contribution is 2.43. The minimum absolute atomic E-state index is 0.250. The van der Waals surface area contributed by atoms with E-state index in [2.05, 4.69) is 10.1 Å². The number of esters is 1. The predicted octanol–water partition coefficient (Wildman–Crippen LogP) is 3.99. The summed E-state index contributed by atoms with van der Waals surface area (Å²) in [7, 11) is 0. The van der Waals surface area contributed by atoms with Crippen LogP contribution in [0.2, 0.25) is 0 Å². The standard InChI is InChI=1S/C22H25F3N4O3S/c1-3-16-26-21-29(27-16)19(30)18(33-21)17(14-6-5-7-15(12-14)22(23,24)25)28-10-8-13(9-11-28)20(31)32-4-2/h5-7,12-13,17-18H,3-4,8-11H2,1-2H3. The molecule has 178 valence electrons. The van der Waals surface area contributed by atoms with Crippen molar-refractivity contribution in [2.45, 2.75) is 55.7 Å². The minimum Gasteiger partial charge on any atom is -0.466 e. The fraction of sp³-hybridized carbons (Fsp3) is 0.545. The summed E-state index contributed by atoms with van der Waals surface area (Å²) in [4.78, 5) is 31.8. The molecule has 0 amide bonds. The first-order valence-electron chi connectivity index (χ1n) is 11.0. The van der Waals surface area contributed by atoms with Crippen molar-refractivity contribution in [2.75, 3.05) is 19.7 Å². The molecule has 0 aliphatic carbocycles. The lowest BCUT2D eigenvalue weighted by Crippen LogP contribution is -2.44. The highest BCUT2D eigenvalue weighted by molar-refractivity contribution is 8.00. The van der Waals surface area contributed by atoms with Gasteiger partial charge >= 0.3 is 12.1 Å². The second kappa shape index (κ2) is 9.46. The summed E-state index contributed by atoms with van der Waals surface area (Å²) in [5, 5.41) is 4.02. The molecule has 1 aromatic carbocycles. The number of ether oxygens (including phenoxy) is 1. The van der Waals surface area contributed by atoms with E-state index in [1.165, 1.54) is 22.5 Å². The Balaban J connectivity index is 1.64. The van der Waals surface area contributed by atoms with Crippen LogP contribution in [0, 0.1) is 5.92 Å². The Morgan fingerprint density at radius 2 is 2.00 bits per heavy atom. The van der Waals surface area contributed by atoms with Crippen molar-refractivity contribution in [1.29, 1.82) is 0 Å². The Kier molecular flexibility index (Phi) is 6.81. The van der Waals surface area contributed by atoms with Crippen LogP contribution in [0.15, 0.2) is 29.4 Å². The molecule has 2 aliphatic heterocycles. The van der Waals surface area contributed by atoms with Crippen molar-refractivity contribution in [1.82, 2.24) is 19.7 Å². The van der Waals surface area contributed by atoms with Crippen molar-refractivity contribution in [3.63, 3.8) is 0 Å². The van der Waals surface area contributed by atoms with Gasteiger partial charge in [0.1, 0.15) is 5.25 Å². The smallest absolute Gasteiger partial charge is 0.416 e. The molecule has 2 atom stereocenters. The molecular weight excluding hydrogens is 457 g/mol.